The first-order valence-corrected chi connectivity index (χ1v) is 5.32. The van der Waals surface area contributed by atoms with Crippen LogP contribution in [0.4, 0.5) is 0 Å². The Bertz CT molecular complexity index is 156. The number of rotatable bonds is 7. The number of nitrogens with one attached hydrogen (secondary N) is 3. The monoisotopic (exact) mass is 200 g/mol. The third kappa shape index (κ3) is 5.94. The molecule has 0 fully saturated rings. The minimum Gasteiger partial charge on any atom is -0.373 e. The van der Waals surface area contributed by atoms with Crippen LogP contribution in [0.2, 0.25) is 0 Å². The standard InChI is InChI=1S/C10H24N4/c1-8(2)9(3)10(12)14-7-6-13-5-4-11/h8-9,13H,4-7,11H2,1-3H3,(H2,12,14). The van der Waals surface area contributed by atoms with Gasteiger partial charge in [-0.2, -0.15) is 0 Å². The highest BCUT2D eigenvalue weighted by molar-refractivity contribution is 5.81. The van der Waals surface area contributed by atoms with Gasteiger partial charge in [0.1, 0.15) is 0 Å². The van der Waals surface area contributed by atoms with Crippen molar-refractivity contribution in [2.75, 3.05) is 26.2 Å². The lowest BCUT2D eigenvalue weighted by atomic mass is 9.97. The molecule has 0 aromatic heterocycles. The van der Waals surface area contributed by atoms with E-state index in [4.69, 9.17) is 11.1 Å². The summed E-state index contributed by atoms with van der Waals surface area (Å²) < 4.78 is 0. The molecule has 0 aromatic rings. The smallest absolute Gasteiger partial charge is 0.0963 e. The second-order valence-electron chi connectivity index (χ2n) is 3.91. The molecule has 0 amide bonds. The van der Waals surface area contributed by atoms with Gasteiger partial charge in [0, 0.05) is 32.1 Å². The molecule has 0 saturated heterocycles. The zero-order valence-electron chi connectivity index (χ0n) is 9.56. The summed E-state index contributed by atoms with van der Waals surface area (Å²) in [5, 5.41) is 14.0. The van der Waals surface area contributed by atoms with Gasteiger partial charge in [-0.05, 0) is 5.92 Å². The number of hydrogen-bond donors (Lipinski definition) is 4. The fourth-order valence-corrected chi connectivity index (χ4v) is 1.01. The maximum absolute atomic E-state index is 7.74. The second-order valence-corrected chi connectivity index (χ2v) is 3.91. The summed E-state index contributed by atoms with van der Waals surface area (Å²) in [6.07, 6.45) is 0. The average Bonchev–Trinajstić information content (AvgIpc) is 2.16. The zero-order valence-corrected chi connectivity index (χ0v) is 9.56. The molecule has 4 nitrogen and oxygen atoms in total. The first-order chi connectivity index (χ1) is 6.59. The highest BCUT2D eigenvalue weighted by Gasteiger charge is 2.11. The van der Waals surface area contributed by atoms with E-state index >= 15 is 0 Å². The van der Waals surface area contributed by atoms with Gasteiger partial charge in [0.25, 0.3) is 0 Å². The van der Waals surface area contributed by atoms with Crippen molar-refractivity contribution in [1.82, 2.24) is 10.6 Å². The predicted octanol–water partition coefficient (Wildman–Crippen LogP) is 0.394. The van der Waals surface area contributed by atoms with Crippen molar-refractivity contribution in [3.05, 3.63) is 0 Å². The molecule has 1 atom stereocenters. The maximum atomic E-state index is 7.74. The zero-order chi connectivity index (χ0) is 11.0. The minimum absolute atomic E-state index is 0.310. The van der Waals surface area contributed by atoms with Crippen molar-refractivity contribution in [3.63, 3.8) is 0 Å². The van der Waals surface area contributed by atoms with Gasteiger partial charge in [0.15, 0.2) is 0 Å². The van der Waals surface area contributed by atoms with Crippen LogP contribution in [0.25, 0.3) is 0 Å². The molecule has 0 aliphatic carbocycles. The lowest BCUT2D eigenvalue weighted by molar-refractivity contribution is 0.514. The minimum atomic E-state index is 0.310. The molecule has 14 heavy (non-hydrogen) atoms. The van der Waals surface area contributed by atoms with E-state index in [-0.39, 0.29) is 0 Å². The van der Waals surface area contributed by atoms with Crippen LogP contribution >= 0.6 is 0 Å². The lowest BCUT2D eigenvalue weighted by Crippen LogP contribution is -2.37. The Morgan fingerprint density at radius 3 is 2.36 bits per heavy atom. The van der Waals surface area contributed by atoms with Gasteiger partial charge in [-0.25, -0.2) is 0 Å². The van der Waals surface area contributed by atoms with Crippen LogP contribution in [-0.4, -0.2) is 32.0 Å². The Morgan fingerprint density at radius 2 is 1.86 bits per heavy atom. The van der Waals surface area contributed by atoms with Crippen LogP contribution in [0.5, 0.6) is 0 Å². The first-order valence-electron chi connectivity index (χ1n) is 5.32. The maximum Gasteiger partial charge on any atom is 0.0963 e. The molecule has 0 spiro atoms. The van der Waals surface area contributed by atoms with Crippen LogP contribution in [0, 0.1) is 17.2 Å². The molecule has 0 aliphatic heterocycles. The van der Waals surface area contributed by atoms with Crippen LogP contribution < -0.4 is 16.4 Å². The molecule has 4 heteroatoms. The third-order valence-electron chi connectivity index (χ3n) is 2.39. The van der Waals surface area contributed by atoms with Crippen molar-refractivity contribution in [3.8, 4) is 0 Å². The first kappa shape index (κ1) is 13.4. The van der Waals surface area contributed by atoms with Crippen molar-refractivity contribution in [2.45, 2.75) is 20.8 Å². The molecule has 0 saturated carbocycles. The summed E-state index contributed by atoms with van der Waals surface area (Å²) in [6.45, 7) is 9.52. The van der Waals surface area contributed by atoms with E-state index in [0.717, 1.165) is 19.6 Å². The summed E-state index contributed by atoms with van der Waals surface area (Å²) in [5.74, 6) is 1.46. The summed E-state index contributed by atoms with van der Waals surface area (Å²) in [6, 6.07) is 0. The third-order valence-corrected chi connectivity index (χ3v) is 2.39. The molecule has 0 radical (unpaired) electrons. The quantitative estimate of drug-likeness (QED) is 0.273. The fourth-order valence-electron chi connectivity index (χ4n) is 1.01. The van der Waals surface area contributed by atoms with Crippen molar-refractivity contribution in [1.29, 1.82) is 5.41 Å². The number of amidine groups is 1. The Labute approximate surface area is 87.1 Å². The molecule has 0 rings (SSSR count). The fraction of sp³-hybridized carbons (Fsp3) is 0.900. The van der Waals surface area contributed by atoms with Crippen LogP contribution in [0.3, 0.4) is 0 Å². The van der Waals surface area contributed by atoms with Gasteiger partial charge >= 0.3 is 0 Å². The molecule has 5 N–H and O–H groups in total. The van der Waals surface area contributed by atoms with Gasteiger partial charge in [0.2, 0.25) is 0 Å². The highest BCUT2D eigenvalue weighted by Crippen LogP contribution is 2.08. The van der Waals surface area contributed by atoms with E-state index < -0.39 is 0 Å². The van der Waals surface area contributed by atoms with Gasteiger partial charge in [0.05, 0.1) is 5.84 Å². The SMILES string of the molecule is CC(C)C(C)C(=N)NCCNCCN. The molecule has 84 valence electrons. The number of hydrogen-bond acceptors (Lipinski definition) is 3. The van der Waals surface area contributed by atoms with Gasteiger partial charge in [-0.1, -0.05) is 20.8 Å². The number of nitrogens with two attached hydrogens (primary N) is 1. The molecule has 0 bridgehead atoms. The van der Waals surface area contributed by atoms with E-state index in [0.29, 0.717) is 24.2 Å². The lowest BCUT2D eigenvalue weighted by Gasteiger charge is -2.18. The Balaban J connectivity index is 3.44. The topological polar surface area (TPSA) is 73.9 Å². The van der Waals surface area contributed by atoms with Gasteiger partial charge in [-0.15, -0.1) is 0 Å². The van der Waals surface area contributed by atoms with Crippen molar-refractivity contribution >= 4 is 5.84 Å². The highest BCUT2D eigenvalue weighted by atomic mass is 15.0. The molecule has 0 aliphatic rings. The largest absolute Gasteiger partial charge is 0.373 e. The normalized spacial score (nSPS) is 12.9. The Morgan fingerprint density at radius 1 is 1.21 bits per heavy atom. The Hall–Kier alpha value is -0.610. The van der Waals surface area contributed by atoms with E-state index in [1.807, 2.05) is 0 Å². The Kier molecular flexibility index (Phi) is 7.42. The molecule has 0 aromatic carbocycles. The predicted molar refractivity (Wildman–Crippen MR) is 61.7 cm³/mol. The second kappa shape index (κ2) is 7.76. The van der Waals surface area contributed by atoms with Crippen molar-refractivity contribution < 1.29 is 0 Å². The molecular weight excluding hydrogens is 176 g/mol. The van der Waals surface area contributed by atoms with E-state index in [1.54, 1.807) is 0 Å². The summed E-state index contributed by atoms with van der Waals surface area (Å²) in [5.41, 5.74) is 5.33. The summed E-state index contributed by atoms with van der Waals surface area (Å²) in [4.78, 5) is 0. The average molecular weight is 200 g/mol. The van der Waals surface area contributed by atoms with Crippen LogP contribution in [0.1, 0.15) is 20.8 Å². The summed E-state index contributed by atoms with van der Waals surface area (Å²) in [7, 11) is 0. The van der Waals surface area contributed by atoms with E-state index in [9.17, 15) is 0 Å². The van der Waals surface area contributed by atoms with Gasteiger partial charge < -0.3 is 16.4 Å². The molecular formula is C10H24N4. The van der Waals surface area contributed by atoms with E-state index in [1.165, 1.54) is 0 Å². The van der Waals surface area contributed by atoms with Gasteiger partial charge in [-0.3, -0.25) is 5.41 Å². The molecule has 0 heterocycles. The van der Waals surface area contributed by atoms with Crippen LogP contribution in [0.15, 0.2) is 0 Å². The van der Waals surface area contributed by atoms with Crippen LogP contribution in [-0.2, 0) is 0 Å². The summed E-state index contributed by atoms with van der Waals surface area (Å²) >= 11 is 0. The molecule has 1 unspecified atom stereocenters. The van der Waals surface area contributed by atoms with E-state index in [2.05, 4.69) is 31.4 Å². The van der Waals surface area contributed by atoms with Crippen molar-refractivity contribution in [2.24, 2.45) is 17.6 Å².